The largest absolute Gasteiger partial charge is 0.859 e. The van der Waals surface area contributed by atoms with Crippen LogP contribution in [-0.4, -0.2) is 13.0 Å². The van der Waals surface area contributed by atoms with Gasteiger partial charge in [-0.05, 0) is 23.6 Å². The van der Waals surface area contributed by atoms with Gasteiger partial charge in [0.2, 0.25) is 0 Å². The highest BCUT2D eigenvalue weighted by atomic mass is 16.5. The molecule has 1 aromatic carbocycles. The molecular formula is C8H8NO2-. The first-order valence-electron chi connectivity index (χ1n) is 3.14. The molecule has 1 rings (SSSR count). The maximum Gasteiger partial charge on any atom is 0.118 e. The van der Waals surface area contributed by atoms with Gasteiger partial charge in [-0.2, -0.15) is 0 Å². The third kappa shape index (κ3) is 1.70. The number of hydrogen-bond acceptors (Lipinski definition) is 3. The van der Waals surface area contributed by atoms with Crippen LogP contribution in [0.3, 0.4) is 0 Å². The summed E-state index contributed by atoms with van der Waals surface area (Å²) >= 11 is 0. The molecule has 3 nitrogen and oxygen atoms in total. The molecule has 3 heteroatoms. The fourth-order valence-electron chi connectivity index (χ4n) is 0.742. The second kappa shape index (κ2) is 3.05. The van der Waals surface area contributed by atoms with Gasteiger partial charge in [0.1, 0.15) is 5.75 Å². The quantitative estimate of drug-likeness (QED) is 0.489. The molecule has 0 bridgehead atoms. The topological polar surface area (TPSA) is 56.1 Å². The number of methoxy groups -OCH3 is 1. The standard InChI is InChI=1S/C8H9NO2/c1-11-7-4-2-6(3-5-7)8(9)10/h2-5H,1H3,(H2,9,10)/p-1. The van der Waals surface area contributed by atoms with Crippen molar-refractivity contribution in [2.75, 3.05) is 7.11 Å². The van der Waals surface area contributed by atoms with Crippen molar-refractivity contribution in [2.24, 2.45) is 0 Å². The Labute approximate surface area is 64.8 Å². The zero-order valence-corrected chi connectivity index (χ0v) is 6.13. The molecule has 1 aromatic rings. The van der Waals surface area contributed by atoms with Gasteiger partial charge < -0.3 is 15.3 Å². The first-order chi connectivity index (χ1) is 5.24. The average Bonchev–Trinajstić information content (AvgIpc) is 2.05. The molecule has 0 heterocycles. The molecule has 0 aliphatic rings. The van der Waals surface area contributed by atoms with Crippen LogP contribution in [0.1, 0.15) is 5.56 Å². The van der Waals surface area contributed by atoms with E-state index < -0.39 is 5.90 Å². The minimum Gasteiger partial charge on any atom is -0.859 e. The van der Waals surface area contributed by atoms with Gasteiger partial charge in [-0.15, -0.1) is 0 Å². The number of ether oxygens (including phenoxy) is 1. The smallest absolute Gasteiger partial charge is 0.118 e. The third-order valence-corrected chi connectivity index (χ3v) is 1.35. The highest BCUT2D eigenvalue weighted by Gasteiger charge is 1.90. The van der Waals surface area contributed by atoms with E-state index in [0.29, 0.717) is 11.3 Å². The summed E-state index contributed by atoms with van der Waals surface area (Å²) in [6.07, 6.45) is 0. The van der Waals surface area contributed by atoms with Crippen molar-refractivity contribution in [3.05, 3.63) is 29.8 Å². The van der Waals surface area contributed by atoms with Crippen molar-refractivity contribution in [1.29, 1.82) is 5.41 Å². The molecule has 11 heavy (non-hydrogen) atoms. The Morgan fingerprint density at radius 3 is 2.27 bits per heavy atom. The van der Waals surface area contributed by atoms with Crippen LogP contribution < -0.4 is 9.84 Å². The third-order valence-electron chi connectivity index (χ3n) is 1.35. The van der Waals surface area contributed by atoms with E-state index in [0.717, 1.165) is 0 Å². The number of hydrogen-bond donors (Lipinski definition) is 1. The van der Waals surface area contributed by atoms with Crippen LogP contribution in [0.2, 0.25) is 0 Å². The Morgan fingerprint density at radius 2 is 1.91 bits per heavy atom. The van der Waals surface area contributed by atoms with E-state index in [1.807, 2.05) is 0 Å². The van der Waals surface area contributed by atoms with E-state index in [4.69, 9.17) is 10.1 Å². The number of rotatable bonds is 2. The van der Waals surface area contributed by atoms with Crippen LogP contribution in [0.5, 0.6) is 5.75 Å². The highest BCUT2D eigenvalue weighted by molar-refractivity contribution is 5.87. The molecule has 0 aliphatic carbocycles. The lowest BCUT2D eigenvalue weighted by Crippen LogP contribution is -2.16. The summed E-state index contributed by atoms with van der Waals surface area (Å²) in [5.74, 6) is 0.0163. The normalized spacial score (nSPS) is 9.18. The van der Waals surface area contributed by atoms with Gasteiger partial charge in [0.15, 0.2) is 0 Å². The van der Waals surface area contributed by atoms with E-state index in [1.165, 1.54) is 0 Å². The van der Waals surface area contributed by atoms with Crippen molar-refractivity contribution < 1.29 is 9.84 Å². The molecule has 58 valence electrons. The Balaban J connectivity index is 2.91. The van der Waals surface area contributed by atoms with Gasteiger partial charge in [0, 0.05) is 0 Å². The lowest BCUT2D eigenvalue weighted by Gasteiger charge is -2.07. The van der Waals surface area contributed by atoms with Crippen LogP contribution in [0.15, 0.2) is 24.3 Å². The molecule has 0 spiro atoms. The lowest BCUT2D eigenvalue weighted by atomic mass is 10.2. The average molecular weight is 150 g/mol. The zero-order chi connectivity index (χ0) is 8.27. The summed E-state index contributed by atoms with van der Waals surface area (Å²) in [7, 11) is 1.55. The van der Waals surface area contributed by atoms with Gasteiger partial charge >= 0.3 is 0 Å². The van der Waals surface area contributed by atoms with Gasteiger partial charge in [-0.25, -0.2) is 0 Å². The van der Waals surface area contributed by atoms with Crippen LogP contribution in [0, 0.1) is 5.41 Å². The predicted molar refractivity (Wildman–Crippen MR) is 39.8 cm³/mol. The first-order valence-corrected chi connectivity index (χ1v) is 3.14. The van der Waals surface area contributed by atoms with E-state index in [-0.39, 0.29) is 0 Å². The van der Waals surface area contributed by atoms with Crippen molar-refractivity contribution in [3.63, 3.8) is 0 Å². The van der Waals surface area contributed by atoms with Crippen molar-refractivity contribution in [2.45, 2.75) is 0 Å². The SMILES string of the molecule is COc1ccc(C(=N)[O-])cc1. The molecule has 0 aromatic heterocycles. The van der Waals surface area contributed by atoms with Crippen LogP contribution in [0.25, 0.3) is 0 Å². The molecule has 0 unspecified atom stereocenters. The molecule has 0 amide bonds. The van der Waals surface area contributed by atoms with E-state index >= 15 is 0 Å². The maximum atomic E-state index is 10.5. The van der Waals surface area contributed by atoms with Crippen molar-refractivity contribution in [1.82, 2.24) is 0 Å². The Hall–Kier alpha value is -1.51. The summed E-state index contributed by atoms with van der Waals surface area (Å²) < 4.78 is 4.88. The summed E-state index contributed by atoms with van der Waals surface area (Å²) in [6.45, 7) is 0. The molecule has 0 atom stereocenters. The molecule has 0 fully saturated rings. The summed E-state index contributed by atoms with van der Waals surface area (Å²) in [5, 5.41) is 17.2. The molecule has 0 saturated heterocycles. The second-order valence-electron chi connectivity index (χ2n) is 2.06. The molecule has 0 aliphatic heterocycles. The monoisotopic (exact) mass is 150 g/mol. The van der Waals surface area contributed by atoms with E-state index in [2.05, 4.69) is 0 Å². The van der Waals surface area contributed by atoms with E-state index in [1.54, 1.807) is 31.4 Å². The Morgan fingerprint density at radius 1 is 1.36 bits per heavy atom. The molecule has 0 radical (unpaired) electrons. The highest BCUT2D eigenvalue weighted by Crippen LogP contribution is 2.10. The Kier molecular flexibility index (Phi) is 2.11. The number of benzene rings is 1. The Bertz CT molecular complexity index is 253. The summed E-state index contributed by atoms with van der Waals surface area (Å²) in [6, 6.07) is 6.44. The number of nitrogens with one attached hydrogen (secondary N) is 1. The van der Waals surface area contributed by atoms with Crippen LogP contribution in [-0.2, 0) is 0 Å². The molecule has 1 N–H and O–H groups in total. The summed E-state index contributed by atoms with van der Waals surface area (Å²) in [4.78, 5) is 0. The van der Waals surface area contributed by atoms with Crippen molar-refractivity contribution >= 4 is 5.90 Å². The van der Waals surface area contributed by atoms with Crippen molar-refractivity contribution in [3.8, 4) is 5.75 Å². The predicted octanol–water partition coefficient (Wildman–Crippen LogP) is 0.381. The van der Waals surface area contributed by atoms with Gasteiger partial charge in [-0.3, -0.25) is 0 Å². The van der Waals surface area contributed by atoms with Gasteiger partial charge in [0.05, 0.1) is 7.11 Å². The van der Waals surface area contributed by atoms with Crippen LogP contribution in [0.4, 0.5) is 0 Å². The minimum atomic E-state index is -0.673. The maximum absolute atomic E-state index is 10.5. The minimum absolute atomic E-state index is 0.380. The molecule has 0 saturated carbocycles. The second-order valence-corrected chi connectivity index (χ2v) is 2.06. The summed E-state index contributed by atoms with van der Waals surface area (Å²) in [5.41, 5.74) is 0.380. The fraction of sp³-hybridized carbons (Fsp3) is 0.125. The zero-order valence-electron chi connectivity index (χ0n) is 6.13. The fourth-order valence-corrected chi connectivity index (χ4v) is 0.742. The van der Waals surface area contributed by atoms with E-state index in [9.17, 15) is 5.11 Å². The lowest BCUT2D eigenvalue weighted by molar-refractivity contribution is -0.214. The van der Waals surface area contributed by atoms with Gasteiger partial charge in [-0.1, -0.05) is 12.1 Å². The first kappa shape index (κ1) is 7.60. The molecular weight excluding hydrogens is 142 g/mol. The van der Waals surface area contributed by atoms with Crippen LogP contribution >= 0.6 is 0 Å². The van der Waals surface area contributed by atoms with Gasteiger partial charge in [0.25, 0.3) is 0 Å².